The van der Waals surface area contributed by atoms with Crippen molar-refractivity contribution in [3.8, 4) is 0 Å². The second kappa shape index (κ2) is 6.53. The molecule has 1 fully saturated rings. The summed E-state index contributed by atoms with van der Waals surface area (Å²) in [5.74, 6) is 1.07. The van der Waals surface area contributed by atoms with Crippen LogP contribution in [0.3, 0.4) is 0 Å². The predicted molar refractivity (Wildman–Crippen MR) is 78.2 cm³/mol. The smallest absolute Gasteiger partial charge is 0.128 e. The van der Waals surface area contributed by atoms with E-state index in [4.69, 9.17) is 4.74 Å². The fraction of sp³-hybridized carbons (Fsp3) is 0.643. The second-order valence-corrected chi connectivity index (χ2v) is 5.67. The summed E-state index contributed by atoms with van der Waals surface area (Å²) in [5.41, 5.74) is 1.05. The molecule has 0 aliphatic carbocycles. The molecule has 0 saturated carbocycles. The minimum Gasteiger partial charge on any atom is -0.376 e. The standard InChI is InChI=1S/C14H21BrN2O/c1-3-9-18-12-5-4-8-17(10-12)14-7-6-13(15)11(2)16-14/h6-7,12H,3-5,8-10H2,1-2H3. The summed E-state index contributed by atoms with van der Waals surface area (Å²) in [6.07, 6.45) is 3.81. The van der Waals surface area contributed by atoms with Crippen LogP contribution in [0, 0.1) is 6.92 Å². The molecule has 0 aromatic carbocycles. The van der Waals surface area contributed by atoms with Crippen LogP contribution >= 0.6 is 15.9 Å². The Morgan fingerprint density at radius 1 is 1.50 bits per heavy atom. The summed E-state index contributed by atoms with van der Waals surface area (Å²) in [5, 5.41) is 0. The third-order valence-electron chi connectivity index (χ3n) is 3.27. The number of aromatic nitrogens is 1. The van der Waals surface area contributed by atoms with E-state index in [1.807, 2.05) is 6.92 Å². The number of hydrogen-bond donors (Lipinski definition) is 0. The minimum absolute atomic E-state index is 0.365. The Labute approximate surface area is 118 Å². The Kier molecular flexibility index (Phi) is 5.01. The summed E-state index contributed by atoms with van der Waals surface area (Å²) in [6, 6.07) is 4.16. The van der Waals surface area contributed by atoms with E-state index in [1.54, 1.807) is 0 Å². The lowest BCUT2D eigenvalue weighted by Gasteiger charge is -2.33. The van der Waals surface area contributed by atoms with Gasteiger partial charge in [-0.05, 0) is 54.2 Å². The monoisotopic (exact) mass is 312 g/mol. The second-order valence-electron chi connectivity index (χ2n) is 4.82. The van der Waals surface area contributed by atoms with Gasteiger partial charge in [-0.1, -0.05) is 6.92 Å². The third-order valence-corrected chi connectivity index (χ3v) is 4.10. The van der Waals surface area contributed by atoms with E-state index in [0.717, 1.165) is 42.1 Å². The fourth-order valence-electron chi connectivity index (χ4n) is 2.27. The molecule has 4 heteroatoms. The van der Waals surface area contributed by atoms with E-state index in [-0.39, 0.29) is 0 Å². The zero-order valence-electron chi connectivity index (χ0n) is 11.2. The van der Waals surface area contributed by atoms with Gasteiger partial charge in [0.2, 0.25) is 0 Å². The third kappa shape index (κ3) is 3.45. The molecule has 2 rings (SSSR count). The molecule has 1 atom stereocenters. The highest BCUT2D eigenvalue weighted by molar-refractivity contribution is 9.10. The quantitative estimate of drug-likeness (QED) is 0.850. The first-order valence-electron chi connectivity index (χ1n) is 6.70. The van der Waals surface area contributed by atoms with Gasteiger partial charge in [-0.15, -0.1) is 0 Å². The normalized spacial score (nSPS) is 20.2. The van der Waals surface area contributed by atoms with Gasteiger partial charge in [-0.2, -0.15) is 0 Å². The SMILES string of the molecule is CCCOC1CCCN(c2ccc(Br)c(C)n2)C1. The number of halogens is 1. The number of rotatable bonds is 4. The molecular formula is C14H21BrN2O. The van der Waals surface area contributed by atoms with Gasteiger partial charge in [0.25, 0.3) is 0 Å². The molecule has 0 amide bonds. The molecule has 1 aromatic heterocycles. The Balaban J connectivity index is 2.01. The van der Waals surface area contributed by atoms with Crippen molar-refractivity contribution < 1.29 is 4.74 Å². The molecule has 3 nitrogen and oxygen atoms in total. The van der Waals surface area contributed by atoms with Crippen LogP contribution in [0.25, 0.3) is 0 Å². The molecule has 18 heavy (non-hydrogen) atoms. The molecule has 100 valence electrons. The van der Waals surface area contributed by atoms with E-state index >= 15 is 0 Å². The summed E-state index contributed by atoms with van der Waals surface area (Å²) in [7, 11) is 0. The maximum Gasteiger partial charge on any atom is 0.128 e. The number of hydrogen-bond acceptors (Lipinski definition) is 3. The molecule has 2 heterocycles. The van der Waals surface area contributed by atoms with Gasteiger partial charge in [0.05, 0.1) is 11.8 Å². The first kappa shape index (κ1) is 13.8. The van der Waals surface area contributed by atoms with Crippen LogP contribution in [0.4, 0.5) is 5.82 Å². The topological polar surface area (TPSA) is 25.4 Å². The van der Waals surface area contributed by atoms with Crippen molar-refractivity contribution in [2.75, 3.05) is 24.6 Å². The average Bonchev–Trinajstić information content (AvgIpc) is 2.40. The van der Waals surface area contributed by atoms with E-state index in [9.17, 15) is 0 Å². The molecule has 0 bridgehead atoms. The fourth-order valence-corrected chi connectivity index (χ4v) is 2.49. The molecule has 0 N–H and O–H groups in total. The number of pyridine rings is 1. The van der Waals surface area contributed by atoms with Crippen molar-refractivity contribution in [2.24, 2.45) is 0 Å². The number of anilines is 1. The highest BCUT2D eigenvalue weighted by Crippen LogP contribution is 2.23. The van der Waals surface area contributed by atoms with Crippen LogP contribution in [0.2, 0.25) is 0 Å². The van der Waals surface area contributed by atoms with E-state index in [2.05, 4.69) is 44.9 Å². The largest absolute Gasteiger partial charge is 0.376 e. The lowest BCUT2D eigenvalue weighted by Crippen LogP contribution is -2.40. The van der Waals surface area contributed by atoms with E-state index < -0.39 is 0 Å². The van der Waals surface area contributed by atoms with Gasteiger partial charge in [-0.3, -0.25) is 0 Å². The Morgan fingerprint density at radius 3 is 3.06 bits per heavy atom. The van der Waals surface area contributed by atoms with Gasteiger partial charge in [0.1, 0.15) is 5.82 Å². The summed E-state index contributed by atoms with van der Waals surface area (Å²) in [6.45, 7) is 7.10. The van der Waals surface area contributed by atoms with E-state index in [0.29, 0.717) is 6.10 Å². The molecule has 1 unspecified atom stereocenters. The van der Waals surface area contributed by atoms with Crippen LogP contribution in [-0.2, 0) is 4.74 Å². The van der Waals surface area contributed by atoms with Crippen LogP contribution in [-0.4, -0.2) is 30.8 Å². The van der Waals surface area contributed by atoms with Crippen molar-refractivity contribution in [3.05, 3.63) is 22.3 Å². The number of piperidine rings is 1. The summed E-state index contributed by atoms with van der Waals surface area (Å²) < 4.78 is 6.93. The molecule has 1 aliphatic heterocycles. The molecule has 1 aromatic rings. The van der Waals surface area contributed by atoms with Gasteiger partial charge in [0, 0.05) is 24.2 Å². The maximum absolute atomic E-state index is 5.86. The summed E-state index contributed by atoms with van der Waals surface area (Å²) in [4.78, 5) is 6.97. The maximum atomic E-state index is 5.86. The van der Waals surface area contributed by atoms with Crippen LogP contribution in [0.1, 0.15) is 31.9 Å². The first-order chi connectivity index (χ1) is 8.70. The zero-order valence-corrected chi connectivity index (χ0v) is 12.7. The highest BCUT2D eigenvalue weighted by atomic mass is 79.9. The molecule has 1 saturated heterocycles. The molecule has 1 aliphatic rings. The van der Waals surface area contributed by atoms with Crippen molar-refractivity contribution in [1.82, 2.24) is 4.98 Å². The minimum atomic E-state index is 0.365. The first-order valence-corrected chi connectivity index (χ1v) is 7.49. The number of aryl methyl sites for hydroxylation is 1. The number of ether oxygens (including phenoxy) is 1. The van der Waals surface area contributed by atoms with Crippen LogP contribution in [0.15, 0.2) is 16.6 Å². The van der Waals surface area contributed by atoms with Gasteiger partial charge in [-0.25, -0.2) is 4.98 Å². The Hall–Kier alpha value is -0.610. The highest BCUT2D eigenvalue weighted by Gasteiger charge is 2.21. The van der Waals surface area contributed by atoms with Gasteiger partial charge < -0.3 is 9.64 Å². The van der Waals surface area contributed by atoms with Crippen LogP contribution < -0.4 is 4.90 Å². The average molecular weight is 313 g/mol. The Morgan fingerprint density at radius 2 is 2.33 bits per heavy atom. The predicted octanol–water partition coefficient (Wildman–Crippen LogP) is 3.55. The van der Waals surface area contributed by atoms with Gasteiger partial charge in [0.15, 0.2) is 0 Å². The summed E-state index contributed by atoms with van der Waals surface area (Å²) >= 11 is 3.49. The van der Waals surface area contributed by atoms with Crippen molar-refractivity contribution in [1.29, 1.82) is 0 Å². The van der Waals surface area contributed by atoms with Crippen molar-refractivity contribution in [2.45, 2.75) is 39.2 Å². The number of nitrogens with zero attached hydrogens (tertiary/aromatic N) is 2. The Bertz CT molecular complexity index is 397. The van der Waals surface area contributed by atoms with E-state index in [1.165, 1.54) is 12.8 Å². The molecule has 0 spiro atoms. The zero-order chi connectivity index (χ0) is 13.0. The van der Waals surface area contributed by atoms with Crippen molar-refractivity contribution >= 4 is 21.7 Å². The molecular weight excluding hydrogens is 292 g/mol. The van der Waals surface area contributed by atoms with Gasteiger partial charge >= 0.3 is 0 Å². The lowest BCUT2D eigenvalue weighted by atomic mass is 10.1. The van der Waals surface area contributed by atoms with Crippen LogP contribution in [0.5, 0.6) is 0 Å². The lowest BCUT2D eigenvalue weighted by molar-refractivity contribution is 0.0439. The molecule has 0 radical (unpaired) electrons. The van der Waals surface area contributed by atoms with Crippen molar-refractivity contribution in [3.63, 3.8) is 0 Å².